The monoisotopic (exact) mass is 466 g/mol. The number of aromatic nitrogens is 2. The Morgan fingerprint density at radius 3 is 2.62 bits per heavy atom. The Kier molecular flexibility index (Phi) is 7.11. The number of nitrogens with two attached hydrogens (primary N) is 1. The highest BCUT2D eigenvalue weighted by Gasteiger charge is 2.31. The van der Waals surface area contributed by atoms with E-state index < -0.39 is 17.9 Å². The summed E-state index contributed by atoms with van der Waals surface area (Å²) in [5.74, 6) is -0.930. The Morgan fingerprint density at radius 1 is 1.21 bits per heavy atom. The highest BCUT2D eigenvalue weighted by atomic mass is 19.1. The van der Waals surface area contributed by atoms with E-state index in [0.29, 0.717) is 17.9 Å². The van der Waals surface area contributed by atoms with Gasteiger partial charge in [-0.1, -0.05) is 19.3 Å². The normalized spacial score (nSPS) is 20.6. The maximum atomic E-state index is 13.2. The molecule has 2 aliphatic rings. The summed E-state index contributed by atoms with van der Waals surface area (Å²) in [5.41, 5.74) is 6.21. The van der Waals surface area contributed by atoms with Gasteiger partial charge >= 0.3 is 6.09 Å². The number of amides is 2. The van der Waals surface area contributed by atoms with Gasteiger partial charge in [-0.2, -0.15) is 10.4 Å². The van der Waals surface area contributed by atoms with Gasteiger partial charge in [-0.3, -0.25) is 9.48 Å². The number of primary amides is 1. The largest absolute Gasteiger partial charge is 0.415 e. The van der Waals surface area contributed by atoms with Gasteiger partial charge in [0.1, 0.15) is 17.1 Å². The highest BCUT2D eigenvalue weighted by Crippen LogP contribution is 2.35. The fraction of sp³-hybridized carbons (Fsp3) is 0.417. The van der Waals surface area contributed by atoms with E-state index in [2.05, 4.69) is 21.8 Å². The van der Waals surface area contributed by atoms with Crippen LogP contribution in [0, 0.1) is 23.1 Å². The third-order valence-corrected chi connectivity index (χ3v) is 6.23. The van der Waals surface area contributed by atoms with Gasteiger partial charge < -0.3 is 21.1 Å². The number of halogens is 1. The lowest BCUT2D eigenvalue weighted by Gasteiger charge is -2.27. The van der Waals surface area contributed by atoms with Gasteiger partial charge in [0.05, 0.1) is 18.0 Å². The van der Waals surface area contributed by atoms with Crippen molar-refractivity contribution >= 4 is 23.5 Å². The molecule has 4 rings (SSSR count). The number of hydrogen-bond donors (Lipinski definition) is 3. The van der Waals surface area contributed by atoms with Crippen molar-refractivity contribution in [1.82, 2.24) is 15.1 Å². The average Bonchev–Trinajstić information content (AvgIpc) is 3.25. The maximum absolute atomic E-state index is 13.2. The zero-order chi connectivity index (χ0) is 24.1. The van der Waals surface area contributed by atoms with Crippen molar-refractivity contribution in [1.29, 1.82) is 5.26 Å². The van der Waals surface area contributed by atoms with Gasteiger partial charge in [0, 0.05) is 24.3 Å². The van der Waals surface area contributed by atoms with Crippen molar-refractivity contribution < 1.29 is 18.7 Å². The minimum Gasteiger partial charge on any atom is -0.415 e. The Balaban J connectivity index is 1.46. The molecule has 9 nitrogen and oxygen atoms in total. The van der Waals surface area contributed by atoms with Gasteiger partial charge in [-0.25, -0.2) is 9.18 Å². The number of nitrogens with one attached hydrogen (secondary N) is 2. The molecular formula is C24H27FN6O3. The quantitative estimate of drug-likeness (QED) is 0.581. The predicted octanol–water partition coefficient (Wildman–Crippen LogP) is 4.28. The first-order valence-electron chi connectivity index (χ1n) is 11.4. The average molecular weight is 467 g/mol. The van der Waals surface area contributed by atoms with Crippen molar-refractivity contribution in [3.8, 4) is 6.07 Å². The number of ether oxygens (including phenoxy) is 1. The van der Waals surface area contributed by atoms with Crippen LogP contribution < -0.4 is 16.4 Å². The number of alkyl carbamates (subject to hydrolysis) is 1. The topological polar surface area (TPSA) is 135 Å². The zero-order valence-corrected chi connectivity index (χ0v) is 18.7. The van der Waals surface area contributed by atoms with Crippen LogP contribution in [0.15, 0.2) is 42.3 Å². The van der Waals surface area contributed by atoms with Gasteiger partial charge in [0.25, 0.3) is 5.91 Å². The molecule has 34 heavy (non-hydrogen) atoms. The van der Waals surface area contributed by atoms with Crippen molar-refractivity contribution in [2.75, 3.05) is 5.32 Å². The van der Waals surface area contributed by atoms with Crippen LogP contribution in [0.1, 0.15) is 61.3 Å². The van der Waals surface area contributed by atoms with Gasteiger partial charge in [-0.05, 0) is 49.6 Å². The minimum absolute atomic E-state index is 0.133. The van der Waals surface area contributed by atoms with E-state index in [1.165, 1.54) is 41.6 Å². The van der Waals surface area contributed by atoms with E-state index in [-0.39, 0.29) is 35.7 Å². The molecular weight excluding hydrogens is 439 g/mol. The van der Waals surface area contributed by atoms with E-state index in [4.69, 9.17) is 10.5 Å². The van der Waals surface area contributed by atoms with E-state index in [1.807, 2.05) is 0 Å². The summed E-state index contributed by atoms with van der Waals surface area (Å²) in [6.07, 6.45) is 8.70. The van der Waals surface area contributed by atoms with Crippen LogP contribution in [-0.4, -0.2) is 27.8 Å². The molecule has 1 heterocycles. The molecule has 2 aliphatic carbocycles. The maximum Gasteiger partial charge on any atom is 0.412 e. The summed E-state index contributed by atoms with van der Waals surface area (Å²) < 4.78 is 20.2. The van der Waals surface area contributed by atoms with Crippen molar-refractivity contribution in [3.63, 3.8) is 0 Å². The number of hydrogen-bond acceptors (Lipinski definition) is 6. The van der Waals surface area contributed by atoms with Crippen LogP contribution in [0.25, 0.3) is 0 Å². The molecule has 178 valence electrons. The number of rotatable bonds is 6. The molecule has 0 aliphatic heterocycles. The summed E-state index contributed by atoms with van der Waals surface area (Å²) in [7, 11) is 0. The molecule has 1 saturated carbocycles. The molecule has 4 N–H and O–H groups in total. The van der Waals surface area contributed by atoms with Crippen LogP contribution in [0.2, 0.25) is 0 Å². The highest BCUT2D eigenvalue weighted by molar-refractivity contribution is 5.98. The Morgan fingerprint density at radius 2 is 1.94 bits per heavy atom. The van der Waals surface area contributed by atoms with Crippen molar-refractivity contribution in [3.05, 3.63) is 53.7 Å². The summed E-state index contributed by atoms with van der Waals surface area (Å²) in [6, 6.07) is 7.62. The molecule has 1 aromatic heterocycles. The lowest BCUT2D eigenvalue weighted by molar-refractivity contribution is 0.100. The van der Waals surface area contributed by atoms with E-state index in [9.17, 15) is 19.2 Å². The first kappa shape index (κ1) is 23.3. The number of allylic oxidation sites excluding steroid dienone is 2. The number of benzene rings is 1. The third kappa shape index (κ3) is 5.54. The number of carbonyl (C=O) groups is 2. The molecule has 0 saturated heterocycles. The molecule has 2 unspecified atom stereocenters. The summed E-state index contributed by atoms with van der Waals surface area (Å²) in [4.78, 5) is 24.3. The molecule has 0 bridgehead atoms. The standard InChI is InChI=1S/C24H27FN6O3/c25-16-6-8-18(9-7-16)28-23-20(22(27)32)14-31(30-23)21-11-10-19(12-15(21)13-26)34-24(33)29-17-4-2-1-3-5-17/h6-10,14-15,17,21H,1-5,11-12H2,(H2,27,32)(H,28,30)(H,29,33). The SMILES string of the molecule is N#CC1CC(OC(=O)NC2CCCCC2)=CCC1n1cc(C(N)=O)c(Nc2ccc(F)cc2)n1. The summed E-state index contributed by atoms with van der Waals surface area (Å²) in [5, 5.41) is 20.1. The smallest absolute Gasteiger partial charge is 0.412 e. The first-order chi connectivity index (χ1) is 16.4. The predicted molar refractivity (Wildman–Crippen MR) is 122 cm³/mol. The molecule has 0 spiro atoms. The molecule has 2 aromatic rings. The summed E-state index contributed by atoms with van der Waals surface area (Å²) in [6.45, 7) is 0. The minimum atomic E-state index is -0.681. The number of nitrogens with zero attached hydrogens (tertiary/aromatic N) is 3. The fourth-order valence-electron chi connectivity index (χ4n) is 4.43. The molecule has 10 heteroatoms. The fourth-order valence-corrected chi connectivity index (χ4v) is 4.43. The molecule has 2 amide bonds. The summed E-state index contributed by atoms with van der Waals surface area (Å²) >= 11 is 0. The van der Waals surface area contributed by atoms with E-state index in [1.54, 1.807) is 6.08 Å². The second kappa shape index (κ2) is 10.4. The van der Waals surface area contributed by atoms with E-state index >= 15 is 0 Å². The first-order valence-corrected chi connectivity index (χ1v) is 11.4. The lowest BCUT2D eigenvalue weighted by Crippen LogP contribution is -2.37. The molecule has 1 fully saturated rings. The second-order valence-electron chi connectivity index (χ2n) is 8.65. The lowest BCUT2D eigenvalue weighted by atomic mass is 9.89. The van der Waals surface area contributed by atoms with Crippen molar-refractivity contribution in [2.45, 2.75) is 57.0 Å². The second-order valence-corrected chi connectivity index (χ2v) is 8.65. The van der Waals surface area contributed by atoms with Gasteiger partial charge in [-0.15, -0.1) is 0 Å². The molecule has 0 radical (unpaired) electrons. The number of anilines is 2. The Labute approximate surface area is 196 Å². The Hall–Kier alpha value is -3.87. The molecule has 1 aromatic carbocycles. The van der Waals surface area contributed by atoms with Crippen LogP contribution in [0.4, 0.5) is 20.7 Å². The number of nitriles is 1. The van der Waals surface area contributed by atoms with Crippen molar-refractivity contribution in [2.24, 2.45) is 11.7 Å². The number of carbonyl (C=O) groups excluding carboxylic acids is 2. The van der Waals surface area contributed by atoms with Crippen LogP contribution in [0.5, 0.6) is 0 Å². The van der Waals surface area contributed by atoms with Crippen LogP contribution in [0.3, 0.4) is 0 Å². The molecule has 2 atom stereocenters. The van der Waals surface area contributed by atoms with E-state index in [0.717, 1.165) is 25.7 Å². The van der Waals surface area contributed by atoms with Gasteiger partial charge in [0.2, 0.25) is 0 Å². The zero-order valence-electron chi connectivity index (χ0n) is 18.7. The third-order valence-electron chi connectivity index (χ3n) is 6.23. The van der Waals surface area contributed by atoms with Crippen LogP contribution in [-0.2, 0) is 4.74 Å². The van der Waals surface area contributed by atoms with Crippen LogP contribution >= 0.6 is 0 Å². The van der Waals surface area contributed by atoms with Gasteiger partial charge in [0.15, 0.2) is 5.82 Å². The Bertz CT molecular complexity index is 1110.